The normalized spacial score (nSPS) is 16.6. The number of likely N-dealkylation sites (N-methyl/N-ethyl adjacent to an activating group) is 1. The highest BCUT2D eigenvalue weighted by Gasteiger charge is 2.37. The van der Waals surface area contributed by atoms with Crippen molar-refractivity contribution in [2.45, 2.75) is 18.4 Å². The van der Waals surface area contributed by atoms with Crippen molar-refractivity contribution in [2.75, 3.05) is 38.7 Å². The van der Waals surface area contributed by atoms with E-state index in [1.54, 1.807) is 6.07 Å². The average molecular weight is 510 g/mol. The number of piperazine rings is 1. The fourth-order valence-corrected chi connectivity index (χ4v) is 4.22. The van der Waals surface area contributed by atoms with Crippen LogP contribution in [0.25, 0.3) is 10.8 Å². The van der Waals surface area contributed by atoms with Gasteiger partial charge in [-0.25, -0.2) is 0 Å². The molecule has 1 aliphatic heterocycles. The number of nitrogens with zero attached hydrogens (tertiary/aromatic N) is 2. The lowest BCUT2D eigenvalue weighted by Gasteiger charge is -2.37. The second-order valence-electron chi connectivity index (χ2n) is 8.76. The number of alkyl halides is 6. The van der Waals surface area contributed by atoms with E-state index < -0.39 is 41.1 Å². The predicted octanol–water partition coefficient (Wildman–Crippen LogP) is 5.31. The summed E-state index contributed by atoms with van der Waals surface area (Å²) >= 11 is 0. The molecule has 36 heavy (non-hydrogen) atoms. The van der Waals surface area contributed by atoms with Crippen LogP contribution < -0.4 is 10.9 Å². The zero-order chi connectivity index (χ0) is 26.1. The molecular formula is C25H24F6N4O. The molecule has 1 fully saturated rings. The maximum atomic E-state index is 13.3. The molecule has 0 aliphatic carbocycles. The maximum Gasteiger partial charge on any atom is 0.416 e. The fourth-order valence-electron chi connectivity index (χ4n) is 4.22. The van der Waals surface area contributed by atoms with E-state index >= 15 is 0 Å². The Bertz CT molecular complexity index is 1200. The number of carbonyl (C=O) groups excluding carboxylic acids is 1. The van der Waals surface area contributed by atoms with Gasteiger partial charge in [-0.15, -0.1) is 0 Å². The Hall–Kier alpha value is -3.31. The van der Waals surface area contributed by atoms with E-state index in [-0.39, 0.29) is 6.07 Å². The van der Waals surface area contributed by atoms with Crippen LogP contribution in [0.1, 0.15) is 22.7 Å². The number of anilines is 1. The predicted molar refractivity (Wildman–Crippen MR) is 124 cm³/mol. The minimum absolute atomic E-state index is 0.0368. The number of halogens is 6. The molecule has 2 N–H and O–H groups in total. The average Bonchev–Trinajstić information content (AvgIpc) is 2.83. The number of hydrogen-bond acceptors (Lipinski definition) is 4. The Morgan fingerprint density at radius 1 is 0.806 bits per heavy atom. The molecule has 4 rings (SSSR count). The fraction of sp³-hybridized carbons (Fsp3) is 0.320. The van der Waals surface area contributed by atoms with Gasteiger partial charge in [-0.2, -0.15) is 26.3 Å². The van der Waals surface area contributed by atoms with Gasteiger partial charge in [0.05, 0.1) is 16.8 Å². The summed E-state index contributed by atoms with van der Waals surface area (Å²) in [5.41, 5.74) is 1.79. The van der Waals surface area contributed by atoms with Gasteiger partial charge >= 0.3 is 12.4 Å². The Morgan fingerprint density at radius 2 is 1.39 bits per heavy atom. The molecule has 1 unspecified atom stereocenters. The summed E-state index contributed by atoms with van der Waals surface area (Å²) in [6.45, 7) is 2.52. The molecule has 1 saturated heterocycles. The van der Waals surface area contributed by atoms with Gasteiger partial charge in [-0.1, -0.05) is 36.4 Å². The monoisotopic (exact) mass is 510 g/mol. The molecule has 3 aromatic rings. The first-order chi connectivity index (χ1) is 16.9. The van der Waals surface area contributed by atoms with Crippen molar-refractivity contribution in [1.82, 2.24) is 15.2 Å². The third kappa shape index (κ3) is 5.90. The summed E-state index contributed by atoms with van der Waals surface area (Å²) in [5, 5.41) is 1.88. The van der Waals surface area contributed by atoms with Crippen LogP contribution in [-0.4, -0.2) is 48.9 Å². The number of amides is 1. The highest BCUT2D eigenvalue weighted by atomic mass is 19.4. The van der Waals surface area contributed by atoms with Gasteiger partial charge in [0.2, 0.25) is 0 Å². The largest absolute Gasteiger partial charge is 0.416 e. The Balaban J connectivity index is 1.62. The third-order valence-electron chi connectivity index (χ3n) is 6.16. The van der Waals surface area contributed by atoms with Crippen LogP contribution >= 0.6 is 0 Å². The molecule has 192 valence electrons. The van der Waals surface area contributed by atoms with E-state index in [0.29, 0.717) is 43.9 Å². The zero-order valence-electron chi connectivity index (χ0n) is 19.2. The second kappa shape index (κ2) is 9.98. The van der Waals surface area contributed by atoms with Gasteiger partial charge in [0.1, 0.15) is 6.04 Å². The van der Waals surface area contributed by atoms with Crippen LogP contribution in [0.3, 0.4) is 0 Å². The molecular weight excluding hydrogens is 486 g/mol. The second-order valence-corrected chi connectivity index (χ2v) is 8.76. The van der Waals surface area contributed by atoms with E-state index in [4.69, 9.17) is 0 Å². The first-order valence-corrected chi connectivity index (χ1v) is 11.2. The number of carbonyl (C=O) groups is 1. The van der Waals surface area contributed by atoms with Gasteiger partial charge in [-0.3, -0.25) is 20.5 Å². The SMILES string of the molecule is CN1CCN(C(C(=O)NNc2cc(C(F)(F)F)cc(C(F)(F)F)c2)c2ccc3ccccc3c2)CC1. The molecule has 1 aliphatic rings. The Kier molecular flexibility index (Phi) is 7.14. The Labute approximate surface area is 203 Å². The molecule has 5 nitrogen and oxygen atoms in total. The van der Waals surface area contributed by atoms with Crippen LogP contribution in [0.5, 0.6) is 0 Å². The summed E-state index contributed by atoms with van der Waals surface area (Å²) in [7, 11) is 1.95. The van der Waals surface area contributed by atoms with E-state index in [0.717, 1.165) is 10.8 Å². The number of rotatable bonds is 5. The standard InChI is InChI=1S/C25H24F6N4O/c1-34-8-10-35(11-9-34)22(18-7-6-16-4-2-3-5-17(16)12-18)23(36)33-32-21-14-19(24(26,27)28)13-20(15-21)25(29,30)31/h2-7,12-15,22,32H,8-11H2,1H3,(H,33,36). The van der Waals surface area contributed by atoms with E-state index in [1.165, 1.54) is 0 Å². The van der Waals surface area contributed by atoms with Crippen molar-refractivity contribution >= 4 is 22.4 Å². The number of hydrogen-bond donors (Lipinski definition) is 2. The van der Waals surface area contributed by atoms with Gasteiger partial charge in [0.25, 0.3) is 5.91 Å². The minimum atomic E-state index is -4.99. The molecule has 1 amide bonds. The lowest BCUT2D eigenvalue weighted by molar-refractivity contribution is -0.143. The van der Waals surface area contributed by atoms with E-state index in [9.17, 15) is 31.1 Å². The van der Waals surface area contributed by atoms with Crippen molar-refractivity contribution in [3.05, 3.63) is 77.4 Å². The molecule has 0 spiro atoms. The molecule has 0 bridgehead atoms. The quantitative estimate of drug-likeness (QED) is 0.361. The summed E-state index contributed by atoms with van der Waals surface area (Å²) in [4.78, 5) is 17.4. The molecule has 1 heterocycles. The summed E-state index contributed by atoms with van der Waals surface area (Å²) in [6.07, 6.45) is -9.98. The van der Waals surface area contributed by atoms with Crippen molar-refractivity contribution < 1.29 is 31.1 Å². The van der Waals surface area contributed by atoms with Gasteiger partial charge in [-0.05, 0) is 47.6 Å². The molecule has 3 aromatic carbocycles. The van der Waals surface area contributed by atoms with E-state index in [2.05, 4.69) is 15.8 Å². The van der Waals surface area contributed by atoms with Gasteiger partial charge < -0.3 is 4.90 Å². The summed E-state index contributed by atoms with van der Waals surface area (Å²) in [5.74, 6) is -0.596. The first-order valence-electron chi connectivity index (χ1n) is 11.2. The van der Waals surface area contributed by atoms with Crippen molar-refractivity contribution in [2.24, 2.45) is 0 Å². The number of nitrogens with one attached hydrogen (secondary N) is 2. The molecule has 11 heteroatoms. The van der Waals surface area contributed by atoms with Crippen LogP contribution in [0.15, 0.2) is 60.7 Å². The molecule has 0 saturated carbocycles. The highest BCUT2D eigenvalue weighted by Crippen LogP contribution is 2.37. The maximum absolute atomic E-state index is 13.3. The minimum Gasteiger partial charge on any atom is -0.304 e. The van der Waals surface area contributed by atoms with Gasteiger partial charge in [0, 0.05) is 26.2 Å². The first kappa shape index (κ1) is 25.8. The topological polar surface area (TPSA) is 47.6 Å². The highest BCUT2D eigenvalue weighted by molar-refractivity contribution is 5.88. The van der Waals surface area contributed by atoms with E-state index in [1.807, 2.05) is 48.3 Å². The van der Waals surface area contributed by atoms with Crippen molar-refractivity contribution in [1.29, 1.82) is 0 Å². The van der Waals surface area contributed by atoms with Gasteiger partial charge in [0.15, 0.2) is 0 Å². The lowest BCUT2D eigenvalue weighted by Crippen LogP contribution is -2.50. The lowest BCUT2D eigenvalue weighted by atomic mass is 9.99. The van der Waals surface area contributed by atoms with Crippen LogP contribution in [0.4, 0.5) is 32.0 Å². The molecule has 1 atom stereocenters. The van der Waals surface area contributed by atoms with Crippen LogP contribution in [-0.2, 0) is 17.1 Å². The van der Waals surface area contributed by atoms with Crippen molar-refractivity contribution in [3.8, 4) is 0 Å². The number of fused-ring (bicyclic) bond motifs is 1. The zero-order valence-corrected chi connectivity index (χ0v) is 19.2. The third-order valence-corrected chi connectivity index (χ3v) is 6.16. The number of hydrazine groups is 1. The summed E-state index contributed by atoms with van der Waals surface area (Å²) < 4.78 is 79.2. The molecule has 0 radical (unpaired) electrons. The van der Waals surface area contributed by atoms with Crippen LogP contribution in [0, 0.1) is 0 Å². The Morgan fingerprint density at radius 3 is 1.97 bits per heavy atom. The smallest absolute Gasteiger partial charge is 0.304 e. The van der Waals surface area contributed by atoms with Crippen molar-refractivity contribution in [3.63, 3.8) is 0 Å². The molecule has 0 aromatic heterocycles. The van der Waals surface area contributed by atoms with Crippen LogP contribution in [0.2, 0.25) is 0 Å². The summed E-state index contributed by atoms with van der Waals surface area (Å²) in [6, 6.07) is 13.4. The number of benzene rings is 3.